The number of aromatic nitrogens is 2. The van der Waals surface area contributed by atoms with E-state index in [0.717, 1.165) is 31.2 Å². The maximum Gasteiger partial charge on any atom is 0.275 e. The highest BCUT2D eigenvalue weighted by molar-refractivity contribution is 6.00. The van der Waals surface area contributed by atoms with Gasteiger partial charge in [-0.15, -0.1) is 0 Å². The largest absolute Gasteiger partial charge is 0.496 e. The SMILES string of the molecule is COc1cc(/C=C/C#N)ccc1-c1nc(C(C)=N)c(N(C)C2CCCCC2)c(=O)[nH]1. The molecule has 0 bridgehead atoms. The zero-order valence-corrected chi connectivity index (χ0v) is 17.7. The molecule has 0 saturated heterocycles. The van der Waals surface area contributed by atoms with E-state index in [0.29, 0.717) is 28.5 Å². The number of benzene rings is 1. The number of H-pyrrole nitrogens is 1. The van der Waals surface area contributed by atoms with Crippen LogP contribution < -0.4 is 15.2 Å². The molecule has 0 radical (unpaired) electrons. The molecule has 1 aromatic carbocycles. The number of ether oxygens (including phenoxy) is 1. The Morgan fingerprint density at radius 2 is 2.10 bits per heavy atom. The van der Waals surface area contributed by atoms with Crippen molar-refractivity contribution in [3.8, 4) is 23.2 Å². The van der Waals surface area contributed by atoms with Crippen LogP contribution in [0.2, 0.25) is 0 Å². The number of hydrogen-bond acceptors (Lipinski definition) is 6. The number of nitrogens with one attached hydrogen (secondary N) is 2. The van der Waals surface area contributed by atoms with Crippen molar-refractivity contribution in [2.45, 2.75) is 45.1 Å². The molecule has 0 spiro atoms. The molecule has 2 N–H and O–H groups in total. The molecule has 1 aromatic heterocycles. The second-order valence-corrected chi connectivity index (χ2v) is 7.56. The van der Waals surface area contributed by atoms with Crippen molar-refractivity contribution < 1.29 is 4.74 Å². The van der Waals surface area contributed by atoms with Crippen LogP contribution in [0.5, 0.6) is 5.75 Å². The molecule has 0 unspecified atom stereocenters. The van der Waals surface area contributed by atoms with Gasteiger partial charge < -0.3 is 20.0 Å². The van der Waals surface area contributed by atoms with Crippen LogP contribution in [0.1, 0.15) is 50.3 Å². The smallest absolute Gasteiger partial charge is 0.275 e. The standard InChI is InChI=1S/C23H27N5O2/c1-15(25)20-21(28(2)17-9-5-4-6-10-17)23(29)27-22(26-20)18-12-11-16(8-7-13-24)14-19(18)30-3/h7-8,11-12,14,17,25H,4-6,9-10H2,1-3H3,(H,26,27,29)/b8-7+,25-15?. The van der Waals surface area contributed by atoms with Crippen molar-refractivity contribution in [3.05, 3.63) is 45.9 Å². The topological polar surface area (TPSA) is 106 Å². The normalized spacial score (nSPS) is 14.5. The average Bonchev–Trinajstić information content (AvgIpc) is 2.77. The first kappa shape index (κ1) is 21.3. The average molecular weight is 406 g/mol. The number of nitriles is 1. The van der Waals surface area contributed by atoms with Gasteiger partial charge in [-0.2, -0.15) is 5.26 Å². The quantitative estimate of drug-likeness (QED) is 0.555. The van der Waals surface area contributed by atoms with Crippen molar-refractivity contribution in [2.75, 3.05) is 19.1 Å². The highest BCUT2D eigenvalue weighted by atomic mass is 16.5. The van der Waals surface area contributed by atoms with Gasteiger partial charge >= 0.3 is 0 Å². The van der Waals surface area contributed by atoms with Crippen LogP contribution in [0.3, 0.4) is 0 Å². The molecule has 0 aliphatic heterocycles. The van der Waals surface area contributed by atoms with E-state index in [4.69, 9.17) is 15.4 Å². The van der Waals surface area contributed by atoms with Gasteiger partial charge in [-0.3, -0.25) is 4.79 Å². The van der Waals surface area contributed by atoms with E-state index in [1.54, 1.807) is 32.2 Å². The van der Waals surface area contributed by atoms with Gasteiger partial charge in [0.25, 0.3) is 5.56 Å². The van der Waals surface area contributed by atoms with Gasteiger partial charge in [-0.1, -0.05) is 25.3 Å². The summed E-state index contributed by atoms with van der Waals surface area (Å²) in [5.74, 6) is 0.885. The van der Waals surface area contributed by atoms with Gasteiger partial charge in [0.15, 0.2) is 0 Å². The first-order chi connectivity index (χ1) is 14.5. The molecule has 2 aromatic rings. The van der Waals surface area contributed by atoms with E-state index in [1.165, 1.54) is 12.5 Å². The zero-order chi connectivity index (χ0) is 21.7. The molecule has 1 aliphatic carbocycles. The summed E-state index contributed by atoms with van der Waals surface area (Å²) >= 11 is 0. The van der Waals surface area contributed by atoms with Gasteiger partial charge in [-0.25, -0.2) is 4.98 Å². The number of rotatable bonds is 6. The van der Waals surface area contributed by atoms with Crippen LogP contribution in [0.4, 0.5) is 5.69 Å². The summed E-state index contributed by atoms with van der Waals surface area (Å²) in [5, 5.41) is 17.0. The van der Waals surface area contributed by atoms with Crippen LogP contribution in [0.15, 0.2) is 29.1 Å². The minimum atomic E-state index is -0.259. The third-order valence-corrected chi connectivity index (χ3v) is 5.56. The summed E-state index contributed by atoms with van der Waals surface area (Å²) in [4.78, 5) is 22.6. The van der Waals surface area contributed by atoms with Crippen molar-refractivity contribution >= 4 is 17.5 Å². The van der Waals surface area contributed by atoms with Gasteiger partial charge in [0.05, 0.1) is 24.5 Å². The second-order valence-electron chi connectivity index (χ2n) is 7.56. The molecular weight excluding hydrogens is 378 g/mol. The molecular formula is C23H27N5O2. The molecule has 1 aliphatic rings. The molecule has 7 heteroatoms. The number of hydrogen-bond donors (Lipinski definition) is 2. The molecule has 1 fully saturated rings. The summed E-state index contributed by atoms with van der Waals surface area (Å²) in [5.41, 5.74) is 2.25. The third-order valence-electron chi connectivity index (χ3n) is 5.56. The molecule has 1 saturated carbocycles. The number of aromatic amines is 1. The van der Waals surface area contributed by atoms with Crippen molar-refractivity contribution in [1.29, 1.82) is 10.7 Å². The minimum Gasteiger partial charge on any atom is -0.496 e. The van der Waals surface area contributed by atoms with Gasteiger partial charge in [0, 0.05) is 19.2 Å². The fourth-order valence-electron chi connectivity index (χ4n) is 3.97. The van der Waals surface area contributed by atoms with Crippen LogP contribution in [-0.4, -0.2) is 35.9 Å². The Balaban J connectivity index is 2.08. The number of methoxy groups -OCH3 is 1. The van der Waals surface area contributed by atoms with Crippen LogP contribution >= 0.6 is 0 Å². The lowest BCUT2D eigenvalue weighted by molar-refractivity contribution is 0.416. The van der Waals surface area contributed by atoms with E-state index >= 15 is 0 Å². The Morgan fingerprint density at radius 1 is 1.37 bits per heavy atom. The van der Waals surface area contributed by atoms with E-state index in [-0.39, 0.29) is 17.3 Å². The first-order valence-electron chi connectivity index (χ1n) is 10.1. The van der Waals surface area contributed by atoms with E-state index < -0.39 is 0 Å². The number of allylic oxidation sites excluding steroid dienone is 1. The maximum atomic E-state index is 13.1. The molecule has 30 heavy (non-hydrogen) atoms. The number of nitrogens with zero attached hydrogens (tertiary/aromatic N) is 3. The second kappa shape index (κ2) is 9.40. The lowest BCUT2D eigenvalue weighted by Crippen LogP contribution is -2.38. The fourth-order valence-corrected chi connectivity index (χ4v) is 3.97. The lowest BCUT2D eigenvalue weighted by Gasteiger charge is -2.33. The minimum absolute atomic E-state index is 0.243. The van der Waals surface area contributed by atoms with Gasteiger partial charge in [-0.05, 0) is 43.5 Å². The first-order valence-corrected chi connectivity index (χ1v) is 10.1. The fraction of sp³-hybridized carbons (Fsp3) is 0.391. The van der Waals surface area contributed by atoms with Crippen molar-refractivity contribution in [2.24, 2.45) is 0 Å². The summed E-state index contributed by atoms with van der Waals surface area (Å²) < 4.78 is 5.49. The predicted molar refractivity (Wildman–Crippen MR) is 119 cm³/mol. The summed E-state index contributed by atoms with van der Waals surface area (Å²) in [7, 11) is 3.47. The molecule has 3 rings (SSSR count). The maximum absolute atomic E-state index is 13.1. The summed E-state index contributed by atoms with van der Waals surface area (Å²) in [6.45, 7) is 1.65. The van der Waals surface area contributed by atoms with Crippen LogP contribution in [0.25, 0.3) is 17.5 Å². The summed E-state index contributed by atoms with van der Waals surface area (Å²) in [6.07, 6.45) is 8.69. The zero-order valence-electron chi connectivity index (χ0n) is 17.7. The Morgan fingerprint density at radius 3 is 2.73 bits per heavy atom. The molecule has 0 amide bonds. The van der Waals surface area contributed by atoms with Crippen molar-refractivity contribution in [1.82, 2.24) is 9.97 Å². The Bertz CT molecular complexity index is 1060. The van der Waals surface area contributed by atoms with E-state index in [1.807, 2.05) is 24.1 Å². The van der Waals surface area contributed by atoms with E-state index in [2.05, 4.69) is 9.97 Å². The van der Waals surface area contributed by atoms with Crippen molar-refractivity contribution in [3.63, 3.8) is 0 Å². The number of anilines is 1. The highest BCUT2D eigenvalue weighted by Crippen LogP contribution is 2.31. The molecule has 7 nitrogen and oxygen atoms in total. The monoisotopic (exact) mass is 405 g/mol. The van der Waals surface area contributed by atoms with Crippen LogP contribution in [0, 0.1) is 16.7 Å². The van der Waals surface area contributed by atoms with Gasteiger partial charge in [0.1, 0.15) is 23.0 Å². The van der Waals surface area contributed by atoms with Gasteiger partial charge in [0.2, 0.25) is 0 Å². The summed E-state index contributed by atoms with van der Waals surface area (Å²) in [6, 6.07) is 7.64. The Hall–Kier alpha value is -3.40. The predicted octanol–water partition coefficient (Wildman–Crippen LogP) is 4.14. The molecule has 156 valence electrons. The lowest BCUT2D eigenvalue weighted by atomic mass is 9.94. The van der Waals surface area contributed by atoms with E-state index in [9.17, 15) is 4.79 Å². The molecule has 0 atom stereocenters. The Kier molecular flexibility index (Phi) is 6.68. The third kappa shape index (κ3) is 4.43. The van der Waals surface area contributed by atoms with Crippen LogP contribution in [-0.2, 0) is 0 Å². The molecule has 1 heterocycles. The highest BCUT2D eigenvalue weighted by Gasteiger charge is 2.25. The Labute approximate surface area is 176 Å².